The first-order valence-corrected chi connectivity index (χ1v) is 22.3. The van der Waals surface area contributed by atoms with Crippen molar-refractivity contribution in [2.75, 3.05) is 18.2 Å². The van der Waals surface area contributed by atoms with Gasteiger partial charge in [0.15, 0.2) is 5.65 Å². The van der Waals surface area contributed by atoms with Crippen LogP contribution in [0.4, 0.5) is 16.0 Å². The van der Waals surface area contributed by atoms with Gasteiger partial charge in [0.25, 0.3) is 15.9 Å². The first-order chi connectivity index (χ1) is 30.0. The maximum absolute atomic E-state index is 13.7. The smallest absolute Gasteiger partial charge is 0.307 e. The number of nitriles is 1. The molecule has 3 heterocycles. The van der Waals surface area contributed by atoms with Crippen LogP contribution in [0.1, 0.15) is 122 Å². The minimum Gasteiger partial charge on any atom is -0.469 e. The van der Waals surface area contributed by atoms with E-state index >= 15 is 0 Å². The molecule has 0 aliphatic heterocycles. The molecule has 0 fully saturated rings. The van der Waals surface area contributed by atoms with Gasteiger partial charge in [-0.15, -0.1) is 0 Å². The number of fused-ring (bicyclic) bond motifs is 1. The summed E-state index contributed by atoms with van der Waals surface area (Å²) in [5, 5.41) is 15.9. The number of aromatic nitrogens is 4. The van der Waals surface area contributed by atoms with Gasteiger partial charge in [0.1, 0.15) is 29.8 Å². The van der Waals surface area contributed by atoms with E-state index in [1.807, 2.05) is 75.3 Å². The molecule has 0 aliphatic rings. The topological polar surface area (TPSA) is 195 Å². The number of carbonyl (C=O) groups excluding carboxylic acids is 2. The van der Waals surface area contributed by atoms with Crippen molar-refractivity contribution in [3.63, 3.8) is 0 Å². The largest absolute Gasteiger partial charge is 0.469 e. The fourth-order valence-electron chi connectivity index (χ4n) is 5.65. The molecule has 6 rings (SSSR count). The van der Waals surface area contributed by atoms with Crippen molar-refractivity contribution in [2.24, 2.45) is 0 Å². The average molecular weight is 869 g/mol. The standard InChI is InChI=1S/C37H31FN8O5S.5C2H6/c1-22(24-12-14-27(38)15-13-24)44-37(48)29-16-23(18-39)19-41-35(29)45-31(17-32(47)51-2)26-10-8-25(9-11-26)30-20-46(36-33(30)34(40)42-21-43-36)52(49,50)28-6-4-3-5-7-28;5*1-2/h3-16,19-22,31H,17H2,1-2H3,(H,41,45)(H,44,48)(H2,40,42,43);5*1-2H3/t22-,31?;;;;;/m0...../s1. The van der Waals surface area contributed by atoms with Gasteiger partial charge in [-0.1, -0.05) is 124 Å². The van der Waals surface area contributed by atoms with Crippen LogP contribution in [0.3, 0.4) is 0 Å². The van der Waals surface area contributed by atoms with Gasteiger partial charge in [0.05, 0.1) is 47.0 Å². The van der Waals surface area contributed by atoms with E-state index in [-0.39, 0.29) is 39.7 Å². The Balaban J connectivity index is 0.00000179. The van der Waals surface area contributed by atoms with Crippen molar-refractivity contribution in [1.82, 2.24) is 24.2 Å². The molecule has 6 aromatic rings. The van der Waals surface area contributed by atoms with Crippen LogP contribution in [0.25, 0.3) is 22.2 Å². The van der Waals surface area contributed by atoms with E-state index < -0.39 is 39.8 Å². The van der Waals surface area contributed by atoms with Gasteiger partial charge in [-0.25, -0.2) is 31.7 Å². The van der Waals surface area contributed by atoms with Gasteiger partial charge < -0.3 is 21.1 Å². The number of nitrogen functional groups attached to an aromatic ring is 1. The third kappa shape index (κ3) is 13.4. The number of methoxy groups -OCH3 is 1. The maximum Gasteiger partial charge on any atom is 0.307 e. The van der Waals surface area contributed by atoms with Crippen LogP contribution in [0.5, 0.6) is 0 Å². The number of nitrogens with zero attached hydrogens (tertiary/aromatic N) is 5. The second kappa shape index (κ2) is 27.2. The van der Waals surface area contributed by atoms with Crippen LogP contribution < -0.4 is 16.4 Å². The Morgan fingerprint density at radius 2 is 1.44 bits per heavy atom. The van der Waals surface area contributed by atoms with Gasteiger partial charge in [0.2, 0.25) is 0 Å². The SMILES string of the molecule is CC.CC.CC.CC.CC.COC(=O)CC(Nc1ncc(C#N)cc1C(=O)N[C@@H](C)c1ccc(F)cc1)c1ccc(-c2cn(S(=O)(=O)c3ccccc3)c3ncnc(N)c23)cc1. The monoisotopic (exact) mass is 868 g/mol. The Hall–Kier alpha value is -6.66. The van der Waals surface area contributed by atoms with Crippen molar-refractivity contribution in [3.8, 4) is 17.2 Å². The molecule has 0 saturated carbocycles. The van der Waals surface area contributed by atoms with Gasteiger partial charge in [0, 0.05) is 18.0 Å². The van der Waals surface area contributed by atoms with E-state index in [2.05, 4.69) is 25.6 Å². The molecule has 2 atom stereocenters. The molecule has 1 unspecified atom stereocenters. The Morgan fingerprint density at radius 3 is 2.00 bits per heavy atom. The number of nitrogens with two attached hydrogens (primary N) is 1. The number of nitrogens with one attached hydrogen (secondary N) is 2. The molecule has 62 heavy (non-hydrogen) atoms. The van der Waals surface area contributed by atoms with E-state index in [1.165, 1.54) is 56.2 Å². The van der Waals surface area contributed by atoms with Gasteiger partial charge in [-0.05, 0) is 53.9 Å². The minimum absolute atomic E-state index is 0.0439. The molecule has 0 aliphatic carbocycles. The molecule has 0 bridgehead atoms. The first kappa shape index (κ1) is 53.4. The zero-order valence-corrected chi connectivity index (χ0v) is 38.6. The molecule has 3 aromatic heterocycles. The highest BCUT2D eigenvalue weighted by molar-refractivity contribution is 7.90. The number of hydrogen-bond acceptors (Lipinski definition) is 11. The van der Waals surface area contributed by atoms with Gasteiger partial charge in [-0.2, -0.15) is 5.26 Å². The molecular weight excluding hydrogens is 808 g/mol. The Kier molecular flexibility index (Phi) is 23.4. The highest BCUT2D eigenvalue weighted by atomic mass is 32.2. The molecule has 3 aromatic carbocycles. The molecule has 0 spiro atoms. The van der Waals surface area contributed by atoms with E-state index in [4.69, 9.17) is 10.5 Å². The molecule has 13 nitrogen and oxygen atoms in total. The van der Waals surface area contributed by atoms with Crippen LogP contribution in [0, 0.1) is 17.1 Å². The number of benzene rings is 3. The Bertz CT molecular complexity index is 2440. The number of rotatable bonds is 11. The minimum atomic E-state index is -4.05. The van der Waals surface area contributed by atoms with Crippen molar-refractivity contribution >= 4 is 44.6 Å². The Labute approximate surface area is 366 Å². The van der Waals surface area contributed by atoms with Crippen LogP contribution in [-0.4, -0.2) is 46.3 Å². The van der Waals surface area contributed by atoms with Crippen LogP contribution in [0.2, 0.25) is 0 Å². The number of pyridine rings is 1. The lowest BCUT2D eigenvalue weighted by Crippen LogP contribution is -2.28. The summed E-state index contributed by atoms with van der Waals surface area (Å²) in [6.45, 7) is 21.7. The highest BCUT2D eigenvalue weighted by Crippen LogP contribution is 2.36. The molecule has 332 valence electrons. The molecule has 1 amide bonds. The van der Waals surface area contributed by atoms with Crippen molar-refractivity contribution < 1.29 is 27.1 Å². The summed E-state index contributed by atoms with van der Waals surface area (Å²) >= 11 is 0. The lowest BCUT2D eigenvalue weighted by molar-refractivity contribution is -0.140. The number of hydrogen-bond donors (Lipinski definition) is 3. The summed E-state index contributed by atoms with van der Waals surface area (Å²) in [5.74, 6) is -1.34. The van der Waals surface area contributed by atoms with Gasteiger partial charge >= 0.3 is 5.97 Å². The number of esters is 1. The lowest BCUT2D eigenvalue weighted by atomic mass is 9.98. The maximum atomic E-state index is 13.7. The summed E-state index contributed by atoms with van der Waals surface area (Å²) in [7, 11) is -2.80. The zero-order chi connectivity index (χ0) is 47.0. The van der Waals surface area contributed by atoms with E-state index in [9.17, 15) is 27.7 Å². The quantitative estimate of drug-likeness (QED) is 0.105. The number of ether oxygens (including phenoxy) is 1. The molecule has 15 heteroatoms. The van der Waals surface area contributed by atoms with Crippen molar-refractivity contribution in [1.29, 1.82) is 5.26 Å². The fraction of sp³-hybridized carbons (Fsp3) is 0.319. The first-order valence-electron chi connectivity index (χ1n) is 20.8. The zero-order valence-electron chi connectivity index (χ0n) is 37.8. The molecule has 4 N–H and O–H groups in total. The van der Waals surface area contributed by atoms with Crippen LogP contribution in [-0.2, 0) is 19.6 Å². The lowest BCUT2D eigenvalue weighted by Gasteiger charge is -2.22. The molecule has 0 saturated heterocycles. The predicted octanol–water partition coefficient (Wildman–Crippen LogP) is 10.7. The van der Waals surface area contributed by atoms with Gasteiger partial charge in [-0.3, -0.25) is 9.59 Å². The molecule has 0 radical (unpaired) electrons. The summed E-state index contributed by atoms with van der Waals surface area (Å²) < 4.78 is 46.8. The highest BCUT2D eigenvalue weighted by Gasteiger charge is 2.26. The molecular formula is C47H61FN8O5S. The van der Waals surface area contributed by atoms with E-state index in [0.717, 1.165) is 3.97 Å². The number of anilines is 2. The second-order valence-electron chi connectivity index (χ2n) is 11.7. The summed E-state index contributed by atoms with van der Waals surface area (Å²) in [4.78, 5) is 38.9. The average Bonchev–Trinajstić information content (AvgIpc) is 3.74. The number of halogens is 1. The van der Waals surface area contributed by atoms with E-state index in [1.54, 1.807) is 61.5 Å². The fourth-order valence-corrected chi connectivity index (χ4v) is 6.99. The summed E-state index contributed by atoms with van der Waals surface area (Å²) in [6.07, 6.45) is 3.77. The van der Waals surface area contributed by atoms with Crippen LogP contribution >= 0.6 is 0 Å². The predicted molar refractivity (Wildman–Crippen MR) is 247 cm³/mol. The summed E-state index contributed by atoms with van der Waals surface area (Å²) in [5.41, 5.74) is 8.83. The normalized spacial score (nSPS) is 10.9. The number of carbonyl (C=O) groups is 2. The van der Waals surface area contributed by atoms with Crippen molar-refractivity contribution in [3.05, 3.63) is 132 Å². The van der Waals surface area contributed by atoms with Crippen molar-refractivity contribution in [2.45, 2.75) is 99.6 Å². The third-order valence-corrected chi connectivity index (χ3v) is 10.1. The second-order valence-corrected chi connectivity index (χ2v) is 13.5. The third-order valence-electron chi connectivity index (χ3n) is 8.39. The van der Waals surface area contributed by atoms with E-state index in [0.29, 0.717) is 27.6 Å². The Morgan fingerprint density at radius 1 is 0.855 bits per heavy atom. The van der Waals surface area contributed by atoms with Crippen LogP contribution in [0.15, 0.2) is 109 Å². The number of amides is 1. The summed E-state index contributed by atoms with van der Waals surface area (Å²) in [6, 6.07) is 22.6.